The van der Waals surface area contributed by atoms with Crippen molar-refractivity contribution in [2.75, 3.05) is 26.2 Å². The Balaban J connectivity index is 1.87. The number of likely N-dealkylation sites (tertiary alicyclic amines) is 2. The molecule has 2 aliphatic heterocycles. The summed E-state index contributed by atoms with van der Waals surface area (Å²) in [6.07, 6.45) is 1.37. The van der Waals surface area contributed by atoms with Gasteiger partial charge in [0.2, 0.25) is 17.7 Å². The van der Waals surface area contributed by atoms with Gasteiger partial charge in [-0.05, 0) is 19.3 Å². The molecule has 2 rings (SSSR count). The van der Waals surface area contributed by atoms with Gasteiger partial charge in [-0.1, -0.05) is 20.8 Å². The Kier molecular flexibility index (Phi) is 6.67. The maximum Gasteiger partial charge on any atom is 0.407 e. The Morgan fingerprint density at radius 3 is 2.52 bits per heavy atom. The van der Waals surface area contributed by atoms with Crippen molar-refractivity contribution in [3.63, 3.8) is 0 Å². The van der Waals surface area contributed by atoms with Crippen LogP contribution in [0, 0.1) is 5.41 Å². The average molecular weight is 382 g/mol. The first-order chi connectivity index (χ1) is 12.6. The van der Waals surface area contributed by atoms with Crippen LogP contribution in [0.4, 0.5) is 4.79 Å². The standard InChI is InChI=1S/C18H30N4O5/c1-18(2,3)13(11-21-8-5-7-14(21)23)27-17(26)20-10-15(24)22-9-4-6-12(22)16(19)25/h12-13H,4-11H2,1-3H3,(H2,19,25)(H,20,26)/t12-,13?/m0/s1. The van der Waals surface area contributed by atoms with E-state index in [-0.39, 0.29) is 23.8 Å². The van der Waals surface area contributed by atoms with Gasteiger partial charge < -0.3 is 25.6 Å². The smallest absolute Gasteiger partial charge is 0.407 e. The first-order valence-corrected chi connectivity index (χ1v) is 9.40. The second kappa shape index (κ2) is 8.58. The first-order valence-electron chi connectivity index (χ1n) is 9.40. The van der Waals surface area contributed by atoms with E-state index in [1.165, 1.54) is 4.90 Å². The summed E-state index contributed by atoms with van der Waals surface area (Å²) in [5.74, 6) is -0.836. The van der Waals surface area contributed by atoms with E-state index in [1.54, 1.807) is 4.90 Å². The molecule has 2 aliphatic rings. The number of ether oxygens (including phenoxy) is 1. The summed E-state index contributed by atoms with van der Waals surface area (Å²) in [5.41, 5.74) is 4.94. The van der Waals surface area contributed by atoms with Gasteiger partial charge in [-0.15, -0.1) is 0 Å². The molecular weight excluding hydrogens is 352 g/mol. The first kappa shape index (κ1) is 21.0. The highest BCUT2D eigenvalue weighted by Gasteiger charge is 2.35. The predicted octanol–water partition coefficient (Wildman–Crippen LogP) is 0.226. The third kappa shape index (κ3) is 5.58. The van der Waals surface area contributed by atoms with Gasteiger partial charge in [0.05, 0.1) is 6.54 Å². The summed E-state index contributed by atoms with van der Waals surface area (Å²) in [5, 5.41) is 2.45. The molecular formula is C18H30N4O5. The Labute approximate surface area is 159 Å². The molecule has 2 atom stereocenters. The molecule has 9 heteroatoms. The van der Waals surface area contributed by atoms with Gasteiger partial charge in [0, 0.05) is 24.9 Å². The molecule has 4 amide bonds. The van der Waals surface area contributed by atoms with Gasteiger partial charge in [0.1, 0.15) is 18.7 Å². The second-order valence-corrected chi connectivity index (χ2v) is 8.20. The largest absolute Gasteiger partial charge is 0.444 e. The average Bonchev–Trinajstić information content (AvgIpc) is 3.20. The van der Waals surface area contributed by atoms with Crippen LogP contribution in [-0.4, -0.2) is 71.9 Å². The van der Waals surface area contributed by atoms with Crippen LogP contribution in [0.2, 0.25) is 0 Å². The van der Waals surface area contributed by atoms with Crippen molar-refractivity contribution in [2.24, 2.45) is 11.1 Å². The number of carbonyl (C=O) groups is 4. The summed E-state index contributed by atoms with van der Waals surface area (Å²) < 4.78 is 5.51. The molecule has 9 nitrogen and oxygen atoms in total. The Morgan fingerprint density at radius 1 is 1.26 bits per heavy atom. The van der Waals surface area contributed by atoms with Crippen LogP contribution in [0.15, 0.2) is 0 Å². The van der Waals surface area contributed by atoms with Gasteiger partial charge in [0.25, 0.3) is 0 Å². The number of amides is 4. The van der Waals surface area contributed by atoms with E-state index in [4.69, 9.17) is 10.5 Å². The number of nitrogens with two attached hydrogens (primary N) is 1. The minimum Gasteiger partial charge on any atom is -0.444 e. The summed E-state index contributed by atoms with van der Waals surface area (Å²) in [4.78, 5) is 50.8. The molecule has 27 heavy (non-hydrogen) atoms. The lowest BCUT2D eigenvalue weighted by molar-refractivity contribution is -0.136. The van der Waals surface area contributed by atoms with Gasteiger partial charge in [-0.2, -0.15) is 0 Å². The summed E-state index contributed by atoms with van der Waals surface area (Å²) >= 11 is 0. The van der Waals surface area contributed by atoms with Crippen LogP contribution in [0.1, 0.15) is 46.5 Å². The van der Waals surface area contributed by atoms with Crippen molar-refractivity contribution < 1.29 is 23.9 Å². The van der Waals surface area contributed by atoms with E-state index in [2.05, 4.69) is 5.32 Å². The Bertz CT molecular complexity index is 601. The van der Waals surface area contributed by atoms with Crippen LogP contribution in [0.5, 0.6) is 0 Å². The quantitative estimate of drug-likeness (QED) is 0.681. The molecule has 3 N–H and O–H groups in total. The molecule has 0 aromatic heterocycles. The topological polar surface area (TPSA) is 122 Å². The maximum absolute atomic E-state index is 12.3. The number of nitrogens with one attached hydrogen (secondary N) is 1. The van der Waals surface area contributed by atoms with Crippen molar-refractivity contribution in [3.05, 3.63) is 0 Å². The van der Waals surface area contributed by atoms with E-state index in [0.29, 0.717) is 38.9 Å². The predicted molar refractivity (Wildman–Crippen MR) is 97.5 cm³/mol. The number of nitrogens with zero attached hydrogens (tertiary/aromatic N) is 2. The van der Waals surface area contributed by atoms with Crippen molar-refractivity contribution >= 4 is 23.8 Å². The summed E-state index contributed by atoms with van der Waals surface area (Å²) in [6, 6.07) is -0.612. The zero-order valence-corrected chi connectivity index (χ0v) is 16.3. The van der Waals surface area contributed by atoms with E-state index in [0.717, 1.165) is 6.42 Å². The summed E-state index contributed by atoms with van der Waals surface area (Å²) in [7, 11) is 0. The third-order valence-corrected chi connectivity index (χ3v) is 5.06. The van der Waals surface area contributed by atoms with Crippen molar-refractivity contribution in [1.82, 2.24) is 15.1 Å². The van der Waals surface area contributed by atoms with Crippen LogP contribution >= 0.6 is 0 Å². The second-order valence-electron chi connectivity index (χ2n) is 8.20. The highest BCUT2D eigenvalue weighted by Crippen LogP contribution is 2.25. The monoisotopic (exact) mass is 382 g/mol. The zero-order chi connectivity index (χ0) is 20.2. The molecule has 0 aliphatic carbocycles. The minimum atomic E-state index is -0.718. The fourth-order valence-corrected chi connectivity index (χ4v) is 3.37. The molecule has 0 bridgehead atoms. The maximum atomic E-state index is 12.3. The molecule has 0 aromatic carbocycles. The van der Waals surface area contributed by atoms with Crippen LogP contribution < -0.4 is 11.1 Å². The van der Waals surface area contributed by atoms with Gasteiger partial charge in [-0.3, -0.25) is 14.4 Å². The molecule has 152 valence electrons. The van der Waals surface area contributed by atoms with Gasteiger partial charge in [0.15, 0.2) is 0 Å². The van der Waals surface area contributed by atoms with Crippen molar-refractivity contribution in [2.45, 2.75) is 58.6 Å². The normalized spacial score (nSPS) is 21.3. The third-order valence-electron chi connectivity index (χ3n) is 5.06. The van der Waals surface area contributed by atoms with Crippen molar-refractivity contribution in [3.8, 4) is 0 Å². The molecule has 0 saturated carbocycles. The fourth-order valence-electron chi connectivity index (χ4n) is 3.37. The molecule has 2 saturated heterocycles. The number of primary amides is 1. The van der Waals surface area contributed by atoms with E-state index in [1.807, 2.05) is 20.8 Å². The molecule has 2 fully saturated rings. The highest BCUT2D eigenvalue weighted by atomic mass is 16.6. The highest BCUT2D eigenvalue weighted by molar-refractivity contribution is 5.89. The van der Waals surface area contributed by atoms with Crippen LogP contribution in [-0.2, 0) is 19.1 Å². The van der Waals surface area contributed by atoms with Crippen LogP contribution in [0.25, 0.3) is 0 Å². The number of carbonyl (C=O) groups excluding carboxylic acids is 4. The molecule has 2 heterocycles. The summed E-state index contributed by atoms with van der Waals surface area (Å²) in [6.45, 7) is 6.97. The number of hydrogen-bond acceptors (Lipinski definition) is 5. The Hall–Kier alpha value is -2.32. The van der Waals surface area contributed by atoms with E-state index >= 15 is 0 Å². The Morgan fingerprint density at radius 2 is 1.96 bits per heavy atom. The number of alkyl carbamates (subject to hydrolysis) is 1. The zero-order valence-electron chi connectivity index (χ0n) is 16.3. The number of rotatable bonds is 6. The van der Waals surface area contributed by atoms with Crippen LogP contribution in [0.3, 0.4) is 0 Å². The molecule has 0 radical (unpaired) electrons. The molecule has 0 spiro atoms. The fraction of sp³-hybridized carbons (Fsp3) is 0.778. The lowest BCUT2D eigenvalue weighted by Crippen LogP contribution is -2.49. The van der Waals surface area contributed by atoms with Gasteiger partial charge in [-0.25, -0.2) is 4.79 Å². The molecule has 1 unspecified atom stereocenters. The minimum absolute atomic E-state index is 0.0648. The van der Waals surface area contributed by atoms with E-state index < -0.39 is 24.1 Å². The lowest BCUT2D eigenvalue weighted by atomic mass is 9.88. The SMILES string of the molecule is CC(C)(C)C(CN1CCCC1=O)OC(=O)NCC(=O)N1CCC[C@H]1C(N)=O. The molecule has 0 aromatic rings. The van der Waals surface area contributed by atoms with E-state index in [9.17, 15) is 19.2 Å². The van der Waals surface area contributed by atoms with Gasteiger partial charge >= 0.3 is 6.09 Å². The lowest BCUT2D eigenvalue weighted by Gasteiger charge is -2.33. The van der Waals surface area contributed by atoms with Crippen molar-refractivity contribution in [1.29, 1.82) is 0 Å². The number of hydrogen-bond donors (Lipinski definition) is 2.